The summed E-state index contributed by atoms with van der Waals surface area (Å²) in [5.41, 5.74) is 5.43. The largest absolute Gasteiger partial charge is 0.379 e. The molecule has 2 amide bonds. The van der Waals surface area contributed by atoms with Crippen molar-refractivity contribution in [3.05, 3.63) is 0 Å². The van der Waals surface area contributed by atoms with Crippen LogP contribution in [0, 0.1) is 5.92 Å². The Hall–Kier alpha value is -1.14. The van der Waals surface area contributed by atoms with Gasteiger partial charge in [0.05, 0.1) is 19.1 Å². The number of piperidine rings is 1. The third-order valence-electron chi connectivity index (χ3n) is 4.17. The number of primary amides is 1. The summed E-state index contributed by atoms with van der Waals surface area (Å²) in [6.45, 7) is 4.58. The molecule has 2 fully saturated rings. The molecule has 2 rings (SSSR count). The molecule has 114 valence electrons. The summed E-state index contributed by atoms with van der Waals surface area (Å²) in [6, 6.07) is -0.387. The molecule has 2 aliphatic heterocycles. The van der Waals surface area contributed by atoms with E-state index >= 15 is 0 Å². The number of carbonyl (C=O) groups excluding carboxylic acids is 2. The van der Waals surface area contributed by atoms with Gasteiger partial charge in [0, 0.05) is 12.6 Å². The number of nitrogens with zero attached hydrogens (tertiary/aromatic N) is 1. The van der Waals surface area contributed by atoms with E-state index in [4.69, 9.17) is 10.5 Å². The Morgan fingerprint density at radius 3 is 2.85 bits per heavy atom. The molecule has 2 aliphatic rings. The van der Waals surface area contributed by atoms with Crippen LogP contribution in [-0.2, 0) is 14.3 Å². The van der Waals surface area contributed by atoms with E-state index in [1.165, 1.54) is 0 Å². The van der Waals surface area contributed by atoms with E-state index in [1.54, 1.807) is 4.90 Å². The second kappa shape index (κ2) is 7.04. The summed E-state index contributed by atoms with van der Waals surface area (Å²) in [5, 5.41) is 3.36. The molecule has 0 spiro atoms. The van der Waals surface area contributed by atoms with Crippen LogP contribution in [0.3, 0.4) is 0 Å². The normalized spacial score (nSPS) is 30.4. The highest BCUT2D eigenvalue weighted by atomic mass is 16.5. The van der Waals surface area contributed by atoms with Gasteiger partial charge in [-0.05, 0) is 32.2 Å². The fourth-order valence-electron chi connectivity index (χ4n) is 3.03. The summed E-state index contributed by atoms with van der Waals surface area (Å²) < 4.78 is 5.45. The number of likely N-dealkylation sites (tertiary alicyclic amines) is 1. The fourth-order valence-corrected chi connectivity index (χ4v) is 3.03. The van der Waals surface area contributed by atoms with Crippen LogP contribution in [-0.4, -0.2) is 55.1 Å². The van der Waals surface area contributed by atoms with Gasteiger partial charge in [-0.15, -0.1) is 0 Å². The zero-order valence-electron chi connectivity index (χ0n) is 12.1. The molecule has 0 aliphatic carbocycles. The van der Waals surface area contributed by atoms with E-state index in [1.807, 2.05) is 0 Å². The quantitative estimate of drug-likeness (QED) is 0.736. The first-order valence-corrected chi connectivity index (χ1v) is 7.56. The number of hydrogen-bond acceptors (Lipinski definition) is 4. The molecule has 6 nitrogen and oxygen atoms in total. The Bertz CT molecular complexity index is 362. The molecular weight excluding hydrogens is 258 g/mol. The topological polar surface area (TPSA) is 84.7 Å². The third-order valence-corrected chi connectivity index (χ3v) is 4.17. The van der Waals surface area contributed by atoms with Gasteiger partial charge >= 0.3 is 0 Å². The first-order valence-electron chi connectivity index (χ1n) is 7.56. The van der Waals surface area contributed by atoms with Gasteiger partial charge in [0.25, 0.3) is 0 Å². The lowest BCUT2D eigenvalue weighted by Gasteiger charge is -2.36. The minimum absolute atomic E-state index is 0.0135. The Kier molecular flexibility index (Phi) is 5.37. The number of hydrogen-bond donors (Lipinski definition) is 2. The van der Waals surface area contributed by atoms with Crippen molar-refractivity contribution < 1.29 is 14.3 Å². The van der Waals surface area contributed by atoms with E-state index in [9.17, 15) is 9.59 Å². The van der Waals surface area contributed by atoms with E-state index in [0.29, 0.717) is 26.2 Å². The Morgan fingerprint density at radius 2 is 2.15 bits per heavy atom. The van der Waals surface area contributed by atoms with Gasteiger partial charge in [0.2, 0.25) is 11.8 Å². The van der Waals surface area contributed by atoms with Crippen LogP contribution in [0.4, 0.5) is 0 Å². The van der Waals surface area contributed by atoms with Crippen molar-refractivity contribution in [1.29, 1.82) is 0 Å². The molecule has 0 bridgehead atoms. The molecule has 3 unspecified atom stereocenters. The van der Waals surface area contributed by atoms with Crippen molar-refractivity contribution >= 4 is 11.8 Å². The number of ether oxygens (including phenoxy) is 1. The fraction of sp³-hybridized carbons (Fsp3) is 0.857. The van der Waals surface area contributed by atoms with Crippen molar-refractivity contribution in [2.24, 2.45) is 11.7 Å². The average Bonchev–Trinajstić information content (AvgIpc) is 2.92. The Balaban J connectivity index is 2.02. The summed E-state index contributed by atoms with van der Waals surface area (Å²) in [7, 11) is 0. The maximum absolute atomic E-state index is 12.7. The smallest absolute Gasteiger partial charge is 0.240 e. The Morgan fingerprint density at radius 1 is 1.35 bits per heavy atom. The molecule has 20 heavy (non-hydrogen) atoms. The van der Waals surface area contributed by atoms with Crippen molar-refractivity contribution in [3.8, 4) is 0 Å². The minimum atomic E-state index is -0.441. The van der Waals surface area contributed by atoms with Gasteiger partial charge in [-0.25, -0.2) is 0 Å². The second-order valence-electron chi connectivity index (χ2n) is 5.65. The van der Waals surface area contributed by atoms with Crippen molar-refractivity contribution in [2.75, 3.05) is 26.3 Å². The van der Waals surface area contributed by atoms with Crippen LogP contribution < -0.4 is 11.1 Å². The van der Waals surface area contributed by atoms with Gasteiger partial charge in [0.1, 0.15) is 6.04 Å². The van der Waals surface area contributed by atoms with Crippen LogP contribution in [0.25, 0.3) is 0 Å². The molecular formula is C14H25N3O3. The highest BCUT2D eigenvalue weighted by Gasteiger charge is 2.40. The summed E-state index contributed by atoms with van der Waals surface area (Å²) in [4.78, 5) is 25.9. The molecule has 6 heteroatoms. The van der Waals surface area contributed by atoms with E-state index in [2.05, 4.69) is 12.2 Å². The average molecular weight is 283 g/mol. The van der Waals surface area contributed by atoms with Crippen LogP contribution in [0.5, 0.6) is 0 Å². The van der Waals surface area contributed by atoms with E-state index in [-0.39, 0.29) is 17.9 Å². The highest BCUT2D eigenvalue weighted by Crippen LogP contribution is 2.23. The standard InChI is InChI=1S/C14H25N3O3/c1-2-6-16-11-9-20-8-10(11)14(19)17-7-4-3-5-12(17)13(15)18/h10-12,16H,2-9H2,1H3,(H2,15,18). The van der Waals surface area contributed by atoms with Crippen molar-refractivity contribution in [2.45, 2.75) is 44.7 Å². The zero-order valence-corrected chi connectivity index (χ0v) is 12.1. The first kappa shape index (κ1) is 15.3. The zero-order chi connectivity index (χ0) is 14.5. The van der Waals surface area contributed by atoms with Gasteiger partial charge in [-0.3, -0.25) is 9.59 Å². The number of rotatable bonds is 5. The number of nitrogens with one attached hydrogen (secondary N) is 1. The molecule has 2 saturated heterocycles. The number of nitrogens with two attached hydrogens (primary N) is 1. The van der Waals surface area contributed by atoms with Gasteiger partial charge in [0.15, 0.2) is 0 Å². The van der Waals surface area contributed by atoms with Gasteiger partial charge in [-0.2, -0.15) is 0 Å². The lowest BCUT2D eigenvalue weighted by molar-refractivity contribution is -0.144. The van der Waals surface area contributed by atoms with Crippen LogP contribution in [0.2, 0.25) is 0 Å². The lowest BCUT2D eigenvalue weighted by Crippen LogP contribution is -2.55. The van der Waals surface area contributed by atoms with Crippen LogP contribution >= 0.6 is 0 Å². The molecule has 2 heterocycles. The summed E-state index contributed by atoms with van der Waals surface area (Å²) >= 11 is 0. The van der Waals surface area contributed by atoms with Gasteiger partial charge < -0.3 is 20.7 Å². The predicted molar refractivity (Wildman–Crippen MR) is 74.9 cm³/mol. The minimum Gasteiger partial charge on any atom is -0.379 e. The maximum atomic E-state index is 12.7. The molecule has 3 N–H and O–H groups in total. The monoisotopic (exact) mass is 283 g/mol. The lowest BCUT2D eigenvalue weighted by atomic mass is 9.96. The Labute approximate surface area is 120 Å². The molecule has 3 atom stereocenters. The summed E-state index contributed by atoms with van der Waals surface area (Å²) in [6.07, 6.45) is 3.60. The molecule has 0 saturated carbocycles. The number of carbonyl (C=O) groups is 2. The van der Waals surface area contributed by atoms with E-state index in [0.717, 1.165) is 25.8 Å². The number of amides is 2. The van der Waals surface area contributed by atoms with Crippen molar-refractivity contribution in [1.82, 2.24) is 10.2 Å². The van der Waals surface area contributed by atoms with Crippen LogP contribution in [0.1, 0.15) is 32.6 Å². The molecule has 0 aromatic carbocycles. The van der Waals surface area contributed by atoms with Gasteiger partial charge in [-0.1, -0.05) is 6.92 Å². The van der Waals surface area contributed by atoms with Crippen LogP contribution in [0.15, 0.2) is 0 Å². The highest BCUT2D eigenvalue weighted by molar-refractivity contribution is 5.88. The maximum Gasteiger partial charge on any atom is 0.240 e. The molecule has 0 aromatic heterocycles. The predicted octanol–water partition coefficient (Wildman–Crippen LogP) is -0.133. The summed E-state index contributed by atoms with van der Waals surface area (Å²) in [5.74, 6) is -0.573. The first-order chi connectivity index (χ1) is 9.65. The van der Waals surface area contributed by atoms with Crippen molar-refractivity contribution in [3.63, 3.8) is 0 Å². The molecule has 0 radical (unpaired) electrons. The third kappa shape index (κ3) is 3.30. The SMILES string of the molecule is CCCNC1COCC1C(=O)N1CCCCC1C(N)=O. The molecule has 0 aromatic rings. The van der Waals surface area contributed by atoms with E-state index < -0.39 is 11.9 Å². The second-order valence-corrected chi connectivity index (χ2v) is 5.65.